The second-order valence-electron chi connectivity index (χ2n) is 15.8. The molecular formula is C38H58N6O9S. The molecule has 3 aliphatic rings. The van der Waals surface area contributed by atoms with Crippen LogP contribution in [-0.2, 0) is 23.9 Å². The SMILES string of the molecule is CC1CCC2C(C)(C)C2(OCC(CC(=O)NCC(O)CN2CCN(CC(=O)O)CCN(CC(=O)O)CCN(CC(=O)O)CC2)c2ccc(N=C=S)cc2)C1. The number of thiocarbonyl (C=S) groups is 1. The van der Waals surface area contributed by atoms with Crippen molar-refractivity contribution in [3.8, 4) is 0 Å². The van der Waals surface area contributed by atoms with E-state index in [-0.39, 0.29) is 62.0 Å². The number of carbonyl (C=O) groups excluding carboxylic acids is 1. The fourth-order valence-electron chi connectivity index (χ4n) is 8.44. The average Bonchev–Trinajstić information content (AvgIpc) is 3.58. The summed E-state index contributed by atoms with van der Waals surface area (Å²) < 4.78 is 6.80. The number of amides is 1. The van der Waals surface area contributed by atoms with Crippen LogP contribution < -0.4 is 5.32 Å². The first kappa shape index (κ1) is 43.4. The van der Waals surface area contributed by atoms with Crippen LogP contribution in [0.2, 0.25) is 0 Å². The molecule has 0 bridgehead atoms. The number of carboxylic acids is 3. The van der Waals surface area contributed by atoms with E-state index < -0.39 is 24.0 Å². The standard InChI is InChI=1S/C38H58N6O9S/c1-27-4-9-32-37(2,3)38(32,19-27)53-25-29(28-5-7-30(8-6-28)40-26-54)18-33(46)39-20-31(45)21-41-10-12-42(22-34(47)48)14-16-44(24-36(51)52)17-15-43(13-11-41)23-35(49)50/h5-8,27,29,31-32,45H,4,9-25H2,1-3H3,(H,39,46)(H,47,48)(H,49,50)(H,51,52). The number of carbonyl (C=O) groups is 4. The van der Waals surface area contributed by atoms with Gasteiger partial charge in [0.15, 0.2) is 0 Å². The Morgan fingerprint density at radius 3 is 1.85 bits per heavy atom. The van der Waals surface area contributed by atoms with Crippen molar-refractivity contribution >= 4 is 46.9 Å². The van der Waals surface area contributed by atoms with Crippen molar-refractivity contribution in [3.05, 3.63) is 29.8 Å². The van der Waals surface area contributed by atoms with Crippen LogP contribution in [0.1, 0.15) is 57.9 Å². The van der Waals surface area contributed by atoms with E-state index in [1.54, 1.807) is 14.7 Å². The lowest BCUT2D eigenvalue weighted by Crippen LogP contribution is -2.50. The number of aliphatic carboxylic acids is 3. The molecular weight excluding hydrogens is 717 g/mol. The number of fused-ring (bicyclic) bond motifs is 1. The Morgan fingerprint density at radius 2 is 1.37 bits per heavy atom. The number of carboxylic acid groups (broad SMARTS) is 3. The van der Waals surface area contributed by atoms with Crippen LogP contribution in [-0.4, -0.2) is 172 Å². The Balaban J connectivity index is 1.39. The summed E-state index contributed by atoms with van der Waals surface area (Å²) in [4.78, 5) is 59.3. The fourth-order valence-corrected chi connectivity index (χ4v) is 8.54. The van der Waals surface area contributed by atoms with Crippen molar-refractivity contribution in [3.63, 3.8) is 0 Å². The fraction of sp³-hybridized carbons (Fsp3) is 0.711. The number of isothiocyanates is 1. The molecule has 0 spiro atoms. The average molecular weight is 775 g/mol. The predicted molar refractivity (Wildman–Crippen MR) is 205 cm³/mol. The minimum absolute atomic E-state index is 0.0103. The lowest BCUT2D eigenvalue weighted by atomic mass is 9.88. The first-order chi connectivity index (χ1) is 25.6. The number of benzene rings is 1. The van der Waals surface area contributed by atoms with Gasteiger partial charge in [0, 0.05) is 77.8 Å². The van der Waals surface area contributed by atoms with Gasteiger partial charge in [0.25, 0.3) is 0 Å². The third-order valence-corrected chi connectivity index (χ3v) is 11.7. The van der Waals surface area contributed by atoms with Gasteiger partial charge >= 0.3 is 17.9 Å². The van der Waals surface area contributed by atoms with E-state index in [0.29, 0.717) is 76.5 Å². The van der Waals surface area contributed by atoms with Crippen LogP contribution in [0.3, 0.4) is 0 Å². The normalized spacial score (nSPS) is 25.5. The topological polar surface area (TPSA) is 196 Å². The third kappa shape index (κ3) is 12.6. The van der Waals surface area contributed by atoms with Crippen LogP contribution in [0.25, 0.3) is 0 Å². The molecule has 300 valence electrons. The van der Waals surface area contributed by atoms with E-state index >= 15 is 0 Å². The van der Waals surface area contributed by atoms with Crippen molar-refractivity contribution in [1.29, 1.82) is 0 Å². The molecule has 1 amide bonds. The summed E-state index contributed by atoms with van der Waals surface area (Å²) in [5, 5.41) is 44.8. The number of nitrogens with one attached hydrogen (secondary N) is 1. The summed E-state index contributed by atoms with van der Waals surface area (Å²) >= 11 is 4.75. The van der Waals surface area contributed by atoms with Gasteiger partial charge in [0.1, 0.15) is 0 Å². The zero-order valence-electron chi connectivity index (χ0n) is 31.8. The van der Waals surface area contributed by atoms with Crippen LogP contribution in [0.4, 0.5) is 5.69 Å². The van der Waals surface area contributed by atoms with Gasteiger partial charge in [-0.1, -0.05) is 39.3 Å². The quantitative estimate of drug-likeness (QED) is 0.114. The van der Waals surface area contributed by atoms with Crippen LogP contribution in [0.5, 0.6) is 0 Å². The van der Waals surface area contributed by atoms with Gasteiger partial charge in [-0.25, -0.2) is 0 Å². The van der Waals surface area contributed by atoms with E-state index in [0.717, 1.165) is 18.4 Å². The summed E-state index contributed by atoms with van der Waals surface area (Å²) in [6.45, 7) is 9.26. The molecule has 16 heteroatoms. The molecule has 2 saturated carbocycles. The van der Waals surface area contributed by atoms with Crippen LogP contribution >= 0.6 is 12.2 Å². The zero-order valence-corrected chi connectivity index (χ0v) is 32.6. The lowest BCUT2D eigenvalue weighted by molar-refractivity contribution is -0.140. The van der Waals surface area contributed by atoms with Crippen LogP contribution in [0, 0.1) is 17.3 Å². The molecule has 4 rings (SSSR count). The summed E-state index contributed by atoms with van der Waals surface area (Å²) in [6, 6.07) is 7.54. The van der Waals surface area contributed by atoms with Gasteiger partial charge in [-0.2, -0.15) is 4.99 Å². The monoisotopic (exact) mass is 774 g/mol. The predicted octanol–water partition coefficient (Wildman–Crippen LogP) is 2.08. The summed E-state index contributed by atoms with van der Waals surface area (Å²) in [5.74, 6) is -2.44. The first-order valence-electron chi connectivity index (χ1n) is 18.9. The molecule has 54 heavy (non-hydrogen) atoms. The molecule has 1 aromatic rings. The maximum atomic E-state index is 13.5. The van der Waals surface area contributed by atoms with Crippen molar-refractivity contribution in [2.75, 3.05) is 91.7 Å². The second-order valence-corrected chi connectivity index (χ2v) is 16.0. The maximum absolute atomic E-state index is 13.5. The van der Waals surface area contributed by atoms with Gasteiger partial charge in [-0.15, -0.1) is 0 Å². The number of aliphatic imine (C=N–C) groups is 1. The number of rotatable bonds is 17. The smallest absolute Gasteiger partial charge is 0.317 e. The maximum Gasteiger partial charge on any atom is 0.317 e. The zero-order chi connectivity index (χ0) is 39.5. The van der Waals surface area contributed by atoms with Gasteiger partial charge in [0.05, 0.1) is 48.8 Å². The highest BCUT2D eigenvalue weighted by Gasteiger charge is 2.73. The third-order valence-electron chi connectivity index (χ3n) is 11.6. The number of ether oxygens (including phenoxy) is 1. The van der Waals surface area contributed by atoms with E-state index in [9.17, 15) is 39.6 Å². The lowest BCUT2D eigenvalue weighted by Gasteiger charge is -2.33. The van der Waals surface area contributed by atoms with Gasteiger partial charge in [0.2, 0.25) is 5.91 Å². The summed E-state index contributed by atoms with van der Waals surface area (Å²) in [7, 11) is 0. The Kier molecular flexibility index (Phi) is 16.1. The van der Waals surface area contributed by atoms with Crippen molar-refractivity contribution in [1.82, 2.24) is 24.9 Å². The Labute approximate surface area is 323 Å². The Hall–Kier alpha value is -3.34. The van der Waals surface area contributed by atoms with E-state index in [2.05, 4.69) is 36.2 Å². The second kappa shape index (κ2) is 20.0. The molecule has 3 fully saturated rings. The number of hydrogen-bond donors (Lipinski definition) is 5. The highest BCUT2D eigenvalue weighted by atomic mass is 32.1. The van der Waals surface area contributed by atoms with E-state index in [4.69, 9.17) is 17.0 Å². The van der Waals surface area contributed by atoms with Crippen molar-refractivity contribution < 1.29 is 44.3 Å². The molecule has 0 aromatic heterocycles. The van der Waals surface area contributed by atoms with Crippen LogP contribution in [0.15, 0.2) is 29.3 Å². The minimum atomic E-state index is -1.02. The molecule has 5 atom stereocenters. The van der Waals surface area contributed by atoms with Gasteiger partial charge in [-0.3, -0.25) is 38.8 Å². The highest BCUT2D eigenvalue weighted by molar-refractivity contribution is 7.78. The number of aliphatic hydroxyl groups is 1. The van der Waals surface area contributed by atoms with E-state index in [1.807, 2.05) is 29.2 Å². The molecule has 15 nitrogen and oxygen atoms in total. The molecule has 1 aromatic carbocycles. The molecule has 1 aliphatic heterocycles. The Bertz CT molecular complexity index is 1460. The molecule has 5 unspecified atom stereocenters. The van der Waals surface area contributed by atoms with E-state index in [1.165, 1.54) is 6.42 Å². The number of β-amino-alcohol motifs (C(OH)–C–C–N with tert-alkyl or cyclic N) is 1. The minimum Gasteiger partial charge on any atom is -0.480 e. The number of aliphatic hydroxyl groups excluding tert-OH is 1. The number of hydrogen-bond acceptors (Lipinski definition) is 12. The van der Waals surface area contributed by atoms with Gasteiger partial charge in [-0.05, 0) is 60.0 Å². The first-order valence-corrected chi connectivity index (χ1v) is 19.3. The summed E-state index contributed by atoms with van der Waals surface area (Å²) in [6.07, 6.45) is 2.53. The van der Waals surface area contributed by atoms with Crippen molar-refractivity contribution in [2.24, 2.45) is 22.2 Å². The highest BCUT2D eigenvalue weighted by Crippen LogP contribution is 2.71. The molecule has 5 N–H and O–H groups in total. The molecule has 0 radical (unpaired) electrons. The summed E-state index contributed by atoms with van der Waals surface area (Å²) in [5.41, 5.74) is 1.48. The Morgan fingerprint density at radius 1 is 0.870 bits per heavy atom. The van der Waals surface area contributed by atoms with Crippen molar-refractivity contribution in [2.45, 2.75) is 64.1 Å². The molecule has 1 heterocycles. The van der Waals surface area contributed by atoms with Gasteiger partial charge < -0.3 is 30.5 Å². The largest absolute Gasteiger partial charge is 0.480 e. The number of nitrogens with zero attached hydrogens (tertiary/aromatic N) is 5. The molecule has 2 aliphatic carbocycles. The molecule has 1 saturated heterocycles.